The van der Waals surface area contributed by atoms with E-state index in [1.807, 2.05) is 13.8 Å². The van der Waals surface area contributed by atoms with E-state index in [0.29, 0.717) is 17.5 Å². The Hall–Kier alpha value is -2.39. The van der Waals surface area contributed by atoms with E-state index in [2.05, 4.69) is 19.6 Å². The predicted molar refractivity (Wildman–Crippen MR) is 107 cm³/mol. The highest BCUT2D eigenvalue weighted by Crippen LogP contribution is 2.24. The quantitative estimate of drug-likeness (QED) is 0.671. The van der Waals surface area contributed by atoms with E-state index in [1.54, 1.807) is 18.2 Å². The normalized spacial score (nSPS) is 14.3. The van der Waals surface area contributed by atoms with Crippen LogP contribution in [0, 0.1) is 13.8 Å². The van der Waals surface area contributed by atoms with E-state index in [4.69, 9.17) is 9.47 Å². The van der Waals surface area contributed by atoms with E-state index >= 15 is 0 Å². The monoisotopic (exact) mass is 406 g/mol. The van der Waals surface area contributed by atoms with Gasteiger partial charge in [-0.3, -0.25) is 0 Å². The van der Waals surface area contributed by atoms with Gasteiger partial charge in [-0.05, 0) is 44.4 Å². The number of ether oxygens (including phenoxy) is 2. The third-order valence-electron chi connectivity index (χ3n) is 4.48. The lowest BCUT2D eigenvalue weighted by molar-refractivity contribution is 0.309. The number of aryl methyl sites for hydroxylation is 2. The number of anilines is 1. The number of nitrogens with one attached hydrogen (secondary N) is 1. The summed E-state index contributed by atoms with van der Waals surface area (Å²) in [5.74, 6) is 2.24. The maximum absolute atomic E-state index is 12.5. The van der Waals surface area contributed by atoms with Crippen molar-refractivity contribution >= 4 is 15.8 Å². The molecule has 1 aromatic carbocycles. The number of methoxy groups -OCH3 is 1. The Morgan fingerprint density at radius 2 is 1.89 bits per heavy atom. The molecule has 0 atom stereocenters. The lowest BCUT2D eigenvalue weighted by atomic mass is 10.2. The SMILES string of the molecule is COc1cc(C)ccc1S(=O)(=O)NCCOc1cc(N2CCCC2)nc(C)n1. The zero-order chi connectivity index (χ0) is 20.1. The molecule has 0 bridgehead atoms. The summed E-state index contributed by atoms with van der Waals surface area (Å²) in [4.78, 5) is 11.0. The van der Waals surface area contributed by atoms with E-state index in [0.717, 1.165) is 37.3 Å². The van der Waals surface area contributed by atoms with E-state index in [1.165, 1.54) is 13.2 Å². The molecule has 0 spiro atoms. The fourth-order valence-corrected chi connectivity index (χ4v) is 4.28. The van der Waals surface area contributed by atoms with Gasteiger partial charge in [0.05, 0.1) is 7.11 Å². The molecule has 0 aliphatic carbocycles. The third-order valence-corrected chi connectivity index (χ3v) is 5.98. The minimum absolute atomic E-state index is 0.106. The predicted octanol–water partition coefficient (Wildman–Crippen LogP) is 2.06. The van der Waals surface area contributed by atoms with Gasteiger partial charge in [-0.15, -0.1) is 0 Å². The molecular formula is C19H26N4O4S. The van der Waals surface area contributed by atoms with Crippen molar-refractivity contribution in [2.45, 2.75) is 31.6 Å². The first-order valence-corrected chi connectivity index (χ1v) is 10.7. The summed E-state index contributed by atoms with van der Waals surface area (Å²) in [5, 5.41) is 0. The van der Waals surface area contributed by atoms with Crippen molar-refractivity contribution in [3.63, 3.8) is 0 Å². The standard InChI is InChI=1S/C19H26N4O4S/c1-14-6-7-17(16(12-14)26-3)28(24,25)20-8-11-27-19-13-18(21-15(2)22-19)23-9-4-5-10-23/h6-7,12-13,20H,4-5,8-11H2,1-3H3. The summed E-state index contributed by atoms with van der Waals surface area (Å²) in [7, 11) is -2.25. The van der Waals surface area contributed by atoms with Gasteiger partial charge in [-0.2, -0.15) is 4.98 Å². The van der Waals surface area contributed by atoms with Crippen LogP contribution in [0.4, 0.5) is 5.82 Å². The van der Waals surface area contributed by atoms with Gasteiger partial charge in [-0.1, -0.05) is 6.07 Å². The molecule has 1 saturated heterocycles. The Labute approximate surface area is 166 Å². The van der Waals surface area contributed by atoms with Crippen LogP contribution in [-0.4, -0.2) is 51.7 Å². The van der Waals surface area contributed by atoms with Crippen LogP contribution in [0.5, 0.6) is 11.6 Å². The summed E-state index contributed by atoms with van der Waals surface area (Å²) < 4.78 is 38.5. The van der Waals surface area contributed by atoms with Crippen LogP contribution in [0.15, 0.2) is 29.2 Å². The Morgan fingerprint density at radius 1 is 1.14 bits per heavy atom. The molecule has 1 N–H and O–H groups in total. The highest BCUT2D eigenvalue weighted by Gasteiger charge is 2.19. The van der Waals surface area contributed by atoms with Gasteiger partial charge in [0.25, 0.3) is 0 Å². The summed E-state index contributed by atoms with van der Waals surface area (Å²) in [6, 6.07) is 6.76. The maximum atomic E-state index is 12.5. The molecule has 1 fully saturated rings. The molecule has 1 aromatic heterocycles. The first-order chi connectivity index (χ1) is 13.4. The lowest BCUT2D eigenvalue weighted by Gasteiger charge is -2.17. The molecule has 0 radical (unpaired) electrons. The van der Waals surface area contributed by atoms with Gasteiger partial charge in [0, 0.05) is 25.7 Å². The van der Waals surface area contributed by atoms with Crippen LogP contribution in [0.3, 0.4) is 0 Å². The van der Waals surface area contributed by atoms with Crippen LogP contribution in [0.1, 0.15) is 24.2 Å². The van der Waals surface area contributed by atoms with Crippen molar-refractivity contribution in [1.29, 1.82) is 0 Å². The molecule has 3 rings (SSSR count). The second-order valence-electron chi connectivity index (χ2n) is 6.71. The third kappa shape index (κ3) is 4.90. The number of aromatic nitrogens is 2. The van der Waals surface area contributed by atoms with E-state index < -0.39 is 10.0 Å². The fourth-order valence-electron chi connectivity index (χ4n) is 3.11. The van der Waals surface area contributed by atoms with Gasteiger partial charge in [0.2, 0.25) is 15.9 Å². The molecule has 8 nitrogen and oxygen atoms in total. The molecule has 2 aromatic rings. The van der Waals surface area contributed by atoms with Crippen LogP contribution in [0.25, 0.3) is 0 Å². The Balaban J connectivity index is 1.60. The van der Waals surface area contributed by atoms with Crippen molar-refractivity contribution in [1.82, 2.24) is 14.7 Å². The highest BCUT2D eigenvalue weighted by atomic mass is 32.2. The maximum Gasteiger partial charge on any atom is 0.244 e. The van der Waals surface area contributed by atoms with E-state index in [9.17, 15) is 8.42 Å². The first kappa shape index (κ1) is 20.3. The van der Waals surface area contributed by atoms with Crippen molar-refractivity contribution in [3.8, 4) is 11.6 Å². The average molecular weight is 407 g/mol. The van der Waals surface area contributed by atoms with Crippen molar-refractivity contribution in [2.75, 3.05) is 38.3 Å². The molecule has 1 aliphatic rings. The largest absolute Gasteiger partial charge is 0.495 e. The van der Waals surface area contributed by atoms with Gasteiger partial charge >= 0.3 is 0 Å². The molecule has 0 saturated carbocycles. The van der Waals surface area contributed by atoms with Gasteiger partial charge < -0.3 is 14.4 Å². The fraction of sp³-hybridized carbons (Fsp3) is 0.474. The van der Waals surface area contributed by atoms with Crippen LogP contribution in [0.2, 0.25) is 0 Å². The zero-order valence-corrected chi connectivity index (χ0v) is 17.3. The Kier molecular flexibility index (Phi) is 6.35. The van der Waals surface area contributed by atoms with Gasteiger partial charge in [0.1, 0.15) is 28.9 Å². The highest BCUT2D eigenvalue weighted by molar-refractivity contribution is 7.89. The summed E-state index contributed by atoms with van der Waals surface area (Å²) in [5.41, 5.74) is 0.923. The van der Waals surface area contributed by atoms with Gasteiger partial charge in [0.15, 0.2) is 0 Å². The summed E-state index contributed by atoms with van der Waals surface area (Å²) >= 11 is 0. The van der Waals surface area contributed by atoms with Crippen LogP contribution < -0.4 is 19.1 Å². The second kappa shape index (κ2) is 8.74. The number of hydrogen-bond donors (Lipinski definition) is 1. The number of sulfonamides is 1. The molecule has 2 heterocycles. The first-order valence-electron chi connectivity index (χ1n) is 9.27. The zero-order valence-electron chi connectivity index (χ0n) is 16.4. The molecule has 0 amide bonds. The summed E-state index contributed by atoms with van der Waals surface area (Å²) in [6.45, 7) is 5.92. The smallest absolute Gasteiger partial charge is 0.244 e. The number of hydrogen-bond acceptors (Lipinski definition) is 7. The molecule has 1 aliphatic heterocycles. The lowest BCUT2D eigenvalue weighted by Crippen LogP contribution is -2.29. The van der Waals surface area contributed by atoms with Crippen molar-refractivity contribution in [3.05, 3.63) is 35.7 Å². The molecule has 28 heavy (non-hydrogen) atoms. The molecular weight excluding hydrogens is 380 g/mol. The number of benzene rings is 1. The Morgan fingerprint density at radius 3 is 2.61 bits per heavy atom. The van der Waals surface area contributed by atoms with Crippen molar-refractivity contribution < 1.29 is 17.9 Å². The average Bonchev–Trinajstić information content (AvgIpc) is 3.19. The molecule has 152 valence electrons. The molecule has 0 unspecified atom stereocenters. The molecule has 9 heteroatoms. The van der Waals surface area contributed by atoms with Crippen molar-refractivity contribution in [2.24, 2.45) is 0 Å². The Bertz CT molecular complexity index is 928. The number of rotatable bonds is 8. The van der Waals surface area contributed by atoms with Crippen LogP contribution in [-0.2, 0) is 10.0 Å². The second-order valence-corrected chi connectivity index (χ2v) is 8.44. The van der Waals surface area contributed by atoms with Crippen LogP contribution >= 0.6 is 0 Å². The number of nitrogens with zero attached hydrogens (tertiary/aromatic N) is 3. The minimum atomic E-state index is -3.70. The topological polar surface area (TPSA) is 93.7 Å². The summed E-state index contributed by atoms with van der Waals surface area (Å²) in [6.07, 6.45) is 2.31. The van der Waals surface area contributed by atoms with E-state index in [-0.39, 0.29) is 18.0 Å². The van der Waals surface area contributed by atoms with Gasteiger partial charge in [-0.25, -0.2) is 18.1 Å². The minimum Gasteiger partial charge on any atom is -0.495 e.